The molecule has 1 heterocycles. The lowest BCUT2D eigenvalue weighted by Crippen LogP contribution is -2.38. The highest BCUT2D eigenvalue weighted by Gasteiger charge is 2.20. The molecule has 1 aliphatic carbocycles. The first-order chi connectivity index (χ1) is 15.5. The predicted molar refractivity (Wildman–Crippen MR) is 123 cm³/mol. The van der Waals surface area contributed by atoms with Crippen LogP contribution in [0.25, 0.3) is 17.0 Å². The van der Waals surface area contributed by atoms with E-state index < -0.39 is 17.5 Å². The van der Waals surface area contributed by atoms with E-state index in [-0.39, 0.29) is 22.9 Å². The number of carbonyl (C=O) groups excluding carboxylic acids is 2. The molecule has 32 heavy (non-hydrogen) atoms. The Morgan fingerprint density at radius 1 is 1.03 bits per heavy atom. The van der Waals surface area contributed by atoms with Crippen LogP contribution in [0.1, 0.15) is 53.6 Å². The van der Waals surface area contributed by atoms with Crippen LogP contribution in [-0.4, -0.2) is 17.9 Å². The van der Waals surface area contributed by atoms with Crippen molar-refractivity contribution in [1.29, 1.82) is 0 Å². The SMILES string of the molecule is Cc1ccc(/C=C/C(=O)Oc2ccc3cc(C(=O)NC4CCCCC4)c(=O)oc3c2)cc1. The fourth-order valence-corrected chi connectivity index (χ4v) is 3.82. The second-order valence-electron chi connectivity index (χ2n) is 8.12. The molecule has 0 bridgehead atoms. The smallest absolute Gasteiger partial charge is 0.349 e. The fourth-order valence-electron chi connectivity index (χ4n) is 3.82. The molecule has 4 rings (SSSR count). The number of aryl methyl sites for hydroxylation is 1. The third-order valence-corrected chi connectivity index (χ3v) is 5.60. The van der Waals surface area contributed by atoms with Gasteiger partial charge in [0.2, 0.25) is 0 Å². The van der Waals surface area contributed by atoms with Gasteiger partial charge in [-0.3, -0.25) is 4.79 Å². The van der Waals surface area contributed by atoms with Gasteiger partial charge in [0.25, 0.3) is 5.91 Å². The number of carbonyl (C=O) groups is 2. The first-order valence-corrected chi connectivity index (χ1v) is 10.8. The van der Waals surface area contributed by atoms with Gasteiger partial charge in [-0.2, -0.15) is 0 Å². The van der Waals surface area contributed by atoms with Gasteiger partial charge in [0.15, 0.2) is 0 Å². The zero-order chi connectivity index (χ0) is 22.5. The molecule has 6 heteroatoms. The molecule has 3 aromatic rings. The monoisotopic (exact) mass is 431 g/mol. The van der Waals surface area contributed by atoms with Gasteiger partial charge in [0, 0.05) is 23.6 Å². The standard InChI is InChI=1S/C26H25NO5/c1-17-7-9-18(10-8-17)11-14-24(28)31-21-13-12-19-15-22(26(30)32-23(19)16-21)25(29)27-20-5-3-2-4-6-20/h7-16,20H,2-6H2,1H3,(H,27,29)/b14-11+. The van der Waals surface area contributed by atoms with Crippen molar-refractivity contribution in [3.05, 3.63) is 81.7 Å². The van der Waals surface area contributed by atoms with Crippen LogP contribution in [0.2, 0.25) is 0 Å². The van der Waals surface area contributed by atoms with Crippen molar-refractivity contribution in [2.75, 3.05) is 0 Å². The summed E-state index contributed by atoms with van der Waals surface area (Å²) in [5.74, 6) is -0.710. The maximum Gasteiger partial charge on any atom is 0.349 e. The van der Waals surface area contributed by atoms with Gasteiger partial charge in [-0.15, -0.1) is 0 Å². The van der Waals surface area contributed by atoms with Crippen molar-refractivity contribution in [2.45, 2.75) is 45.1 Å². The van der Waals surface area contributed by atoms with Gasteiger partial charge in [-0.25, -0.2) is 9.59 Å². The van der Waals surface area contributed by atoms with Gasteiger partial charge in [-0.1, -0.05) is 49.1 Å². The number of benzene rings is 2. The number of amides is 1. The van der Waals surface area contributed by atoms with Crippen molar-refractivity contribution < 1.29 is 18.7 Å². The summed E-state index contributed by atoms with van der Waals surface area (Å²) < 4.78 is 10.7. The van der Waals surface area contributed by atoms with Crippen LogP contribution >= 0.6 is 0 Å². The number of esters is 1. The van der Waals surface area contributed by atoms with Crippen molar-refractivity contribution in [3.8, 4) is 5.75 Å². The van der Waals surface area contributed by atoms with Crippen molar-refractivity contribution in [2.24, 2.45) is 0 Å². The van der Waals surface area contributed by atoms with E-state index in [1.165, 1.54) is 24.6 Å². The maximum atomic E-state index is 12.5. The third-order valence-electron chi connectivity index (χ3n) is 5.60. The molecular weight excluding hydrogens is 406 g/mol. The minimum absolute atomic E-state index is 0.0196. The summed E-state index contributed by atoms with van der Waals surface area (Å²) in [5, 5.41) is 3.51. The van der Waals surface area contributed by atoms with Crippen molar-refractivity contribution >= 4 is 28.9 Å². The Kier molecular flexibility index (Phi) is 6.50. The van der Waals surface area contributed by atoms with E-state index in [0.29, 0.717) is 5.39 Å². The molecular formula is C26H25NO5. The zero-order valence-electron chi connectivity index (χ0n) is 17.9. The second-order valence-corrected chi connectivity index (χ2v) is 8.12. The normalized spacial score (nSPS) is 14.5. The van der Waals surface area contributed by atoms with E-state index in [9.17, 15) is 14.4 Å². The Morgan fingerprint density at radius 3 is 2.53 bits per heavy atom. The highest BCUT2D eigenvalue weighted by atomic mass is 16.5. The van der Waals surface area contributed by atoms with Crippen LogP contribution in [-0.2, 0) is 4.79 Å². The maximum absolute atomic E-state index is 12.5. The highest BCUT2D eigenvalue weighted by Crippen LogP contribution is 2.22. The first kappa shape index (κ1) is 21.6. The molecule has 1 amide bonds. The highest BCUT2D eigenvalue weighted by molar-refractivity contribution is 5.97. The lowest BCUT2D eigenvalue weighted by molar-refractivity contribution is -0.128. The molecule has 0 radical (unpaired) electrons. The molecule has 0 spiro atoms. The minimum atomic E-state index is -0.714. The summed E-state index contributed by atoms with van der Waals surface area (Å²) in [6.45, 7) is 1.99. The van der Waals surface area contributed by atoms with Crippen LogP contribution in [0.4, 0.5) is 0 Å². The van der Waals surface area contributed by atoms with Gasteiger partial charge < -0.3 is 14.5 Å². The number of fused-ring (bicyclic) bond motifs is 1. The average Bonchev–Trinajstić information content (AvgIpc) is 2.79. The largest absolute Gasteiger partial charge is 0.423 e. The van der Waals surface area contributed by atoms with Crippen molar-refractivity contribution in [1.82, 2.24) is 5.32 Å². The Bertz CT molecular complexity index is 1220. The molecule has 164 valence electrons. The molecule has 1 aromatic heterocycles. The van der Waals surface area contributed by atoms with Crippen LogP contribution in [0, 0.1) is 6.92 Å². The van der Waals surface area contributed by atoms with Gasteiger partial charge >= 0.3 is 11.6 Å². The number of hydrogen-bond donors (Lipinski definition) is 1. The molecule has 2 aromatic carbocycles. The Hall–Kier alpha value is -3.67. The van der Waals surface area contributed by atoms with Gasteiger partial charge in [-0.05, 0) is 49.6 Å². The topological polar surface area (TPSA) is 85.6 Å². The van der Waals surface area contributed by atoms with E-state index in [0.717, 1.165) is 36.8 Å². The quantitative estimate of drug-likeness (QED) is 0.272. The van der Waals surface area contributed by atoms with E-state index >= 15 is 0 Å². The zero-order valence-corrected chi connectivity index (χ0v) is 17.9. The third kappa shape index (κ3) is 5.32. The Morgan fingerprint density at radius 2 is 1.78 bits per heavy atom. The van der Waals surface area contributed by atoms with E-state index in [1.807, 2.05) is 31.2 Å². The van der Waals surface area contributed by atoms with Crippen molar-refractivity contribution in [3.63, 3.8) is 0 Å². The number of ether oxygens (including phenoxy) is 1. The van der Waals surface area contributed by atoms with Crippen LogP contribution in [0.3, 0.4) is 0 Å². The summed E-state index contributed by atoms with van der Waals surface area (Å²) in [7, 11) is 0. The van der Waals surface area contributed by atoms with Gasteiger partial charge in [0.1, 0.15) is 16.9 Å². The average molecular weight is 431 g/mol. The predicted octanol–water partition coefficient (Wildman–Crippen LogP) is 4.78. The molecule has 0 saturated heterocycles. The van der Waals surface area contributed by atoms with Crippen LogP contribution in [0.15, 0.2) is 63.8 Å². The molecule has 0 atom stereocenters. The molecule has 1 N–H and O–H groups in total. The minimum Gasteiger partial charge on any atom is -0.423 e. The summed E-state index contributed by atoms with van der Waals surface area (Å²) in [6.07, 6.45) is 8.20. The summed E-state index contributed by atoms with van der Waals surface area (Å²) in [4.78, 5) is 37.1. The summed E-state index contributed by atoms with van der Waals surface area (Å²) in [5.41, 5.74) is 1.53. The second kappa shape index (κ2) is 9.64. The van der Waals surface area contributed by atoms with Crippen LogP contribution < -0.4 is 15.7 Å². The molecule has 0 aliphatic heterocycles. The fraction of sp³-hybridized carbons (Fsp3) is 0.269. The number of hydrogen-bond acceptors (Lipinski definition) is 5. The van der Waals surface area contributed by atoms with Gasteiger partial charge in [0.05, 0.1) is 0 Å². The van der Waals surface area contributed by atoms with E-state index in [1.54, 1.807) is 18.2 Å². The lowest BCUT2D eigenvalue weighted by Gasteiger charge is -2.22. The molecule has 1 aliphatic rings. The summed E-state index contributed by atoms with van der Waals surface area (Å²) in [6, 6.07) is 14.1. The molecule has 1 fully saturated rings. The van der Waals surface area contributed by atoms with E-state index in [2.05, 4.69) is 5.32 Å². The Balaban J connectivity index is 1.46. The molecule has 6 nitrogen and oxygen atoms in total. The summed E-state index contributed by atoms with van der Waals surface area (Å²) >= 11 is 0. The van der Waals surface area contributed by atoms with E-state index in [4.69, 9.17) is 9.15 Å². The first-order valence-electron chi connectivity index (χ1n) is 10.8. The lowest BCUT2D eigenvalue weighted by atomic mass is 9.95. The number of nitrogens with one attached hydrogen (secondary N) is 1. The molecule has 0 unspecified atom stereocenters. The van der Waals surface area contributed by atoms with Crippen LogP contribution in [0.5, 0.6) is 5.75 Å². The Labute approximate surface area is 185 Å². The molecule has 1 saturated carbocycles. The number of rotatable bonds is 5.